The third-order valence-electron chi connectivity index (χ3n) is 1.15. The van der Waals surface area contributed by atoms with Gasteiger partial charge in [-0.25, -0.2) is 0 Å². The van der Waals surface area contributed by atoms with Crippen molar-refractivity contribution in [2.45, 2.75) is 5.79 Å². The molecule has 0 spiro atoms. The second kappa shape index (κ2) is 3.04. The Morgan fingerprint density at radius 2 is 1.25 bits per heavy atom. The first-order chi connectivity index (χ1) is 5.39. The van der Waals surface area contributed by atoms with Crippen LogP contribution >= 0.6 is 0 Å². The Kier molecular flexibility index (Phi) is 2.58. The minimum Gasteiger partial charge on any atom is -0.311 e. The maximum absolute atomic E-state index is 9.98. The molecule has 10 nitrogen and oxygen atoms in total. The molecule has 0 saturated heterocycles. The zero-order valence-corrected chi connectivity index (χ0v) is 5.58. The molecule has 2 N–H and O–H groups in total. The van der Waals surface area contributed by atoms with Gasteiger partial charge in [-0.2, -0.15) is 0 Å². The maximum Gasteiger partial charge on any atom is 0.712 e. The smallest absolute Gasteiger partial charge is 0.311 e. The largest absolute Gasteiger partial charge is 0.712 e. The Morgan fingerprint density at radius 3 is 1.25 bits per heavy atom. The molecule has 0 aliphatic rings. The SMILES string of the molecule is NCC([N+](=O)[O-])([N+](=O)[O-])[N+](=O)[O-]. The highest BCUT2D eigenvalue weighted by molar-refractivity contribution is 4.52. The molecule has 0 radical (unpaired) electrons. The first-order valence-corrected chi connectivity index (χ1v) is 2.53. The summed E-state index contributed by atoms with van der Waals surface area (Å²) in [5.74, 6) is -3.51. The molecule has 0 unspecified atom stereocenters. The molecule has 0 aromatic heterocycles. The molecule has 10 heteroatoms. The highest BCUT2D eigenvalue weighted by Gasteiger charge is 2.69. The lowest BCUT2D eigenvalue weighted by Gasteiger charge is -2.05. The molecule has 0 atom stereocenters. The minimum absolute atomic E-state index is 1.29. The summed E-state index contributed by atoms with van der Waals surface area (Å²) in [6.07, 6.45) is 0. The number of nitrogens with zero attached hydrogens (tertiary/aromatic N) is 3. The molecule has 0 saturated carbocycles. The van der Waals surface area contributed by atoms with Crippen LogP contribution in [0.3, 0.4) is 0 Å². The summed E-state index contributed by atoms with van der Waals surface area (Å²) in [5.41, 5.74) is 4.59. The third-order valence-corrected chi connectivity index (χ3v) is 1.15. The van der Waals surface area contributed by atoms with Crippen molar-refractivity contribution in [2.75, 3.05) is 6.54 Å². The first kappa shape index (κ1) is 10.2. The molecule has 0 aromatic carbocycles. The third kappa shape index (κ3) is 1.14. The minimum atomic E-state index is -3.51. The summed E-state index contributed by atoms with van der Waals surface area (Å²) in [6, 6.07) is 0. The van der Waals surface area contributed by atoms with Gasteiger partial charge >= 0.3 is 5.79 Å². The summed E-state index contributed by atoms with van der Waals surface area (Å²) < 4.78 is 0. The van der Waals surface area contributed by atoms with E-state index in [-0.39, 0.29) is 0 Å². The molecule has 0 bridgehead atoms. The van der Waals surface area contributed by atoms with Crippen LogP contribution in [0.5, 0.6) is 0 Å². The van der Waals surface area contributed by atoms with Gasteiger partial charge < -0.3 is 5.73 Å². The van der Waals surface area contributed by atoms with Crippen LogP contribution in [0, 0.1) is 30.3 Å². The van der Waals surface area contributed by atoms with E-state index < -0.39 is 27.1 Å². The van der Waals surface area contributed by atoms with Crippen molar-refractivity contribution in [3.63, 3.8) is 0 Å². The summed E-state index contributed by atoms with van der Waals surface area (Å²) >= 11 is 0. The summed E-state index contributed by atoms with van der Waals surface area (Å²) in [6.45, 7) is -1.29. The van der Waals surface area contributed by atoms with Gasteiger partial charge in [0.2, 0.25) is 6.54 Å². The van der Waals surface area contributed by atoms with Crippen LogP contribution in [0.1, 0.15) is 0 Å². The molecule has 0 aromatic rings. The Hall–Kier alpha value is -1.84. The zero-order chi connectivity index (χ0) is 9.94. The van der Waals surface area contributed by atoms with E-state index in [1.54, 1.807) is 0 Å². The molecule has 0 heterocycles. The van der Waals surface area contributed by atoms with Crippen molar-refractivity contribution in [3.8, 4) is 0 Å². The summed E-state index contributed by atoms with van der Waals surface area (Å²) in [4.78, 5) is 25.0. The van der Waals surface area contributed by atoms with E-state index in [2.05, 4.69) is 5.73 Å². The predicted molar refractivity (Wildman–Crippen MR) is 32.8 cm³/mol. The lowest BCUT2D eigenvalue weighted by atomic mass is 10.4. The van der Waals surface area contributed by atoms with E-state index in [9.17, 15) is 30.3 Å². The van der Waals surface area contributed by atoms with Gasteiger partial charge in [-0.05, 0) is 0 Å². The molecule has 68 valence electrons. The van der Waals surface area contributed by atoms with Crippen molar-refractivity contribution in [3.05, 3.63) is 30.3 Å². The second-order valence-corrected chi connectivity index (χ2v) is 1.75. The normalized spacial score (nSPS) is 10.8. The van der Waals surface area contributed by atoms with E-state index >= 15 is 0 Å². The number of hydrogen-bond donors (Lipinski definition) is 1. The fraction of sp³-hybridized carbons (Fsp3) is 1.00. The van der Waals surface area contributed by atoms with Crippen LogP contribution in [0.2, 0.25) is 0 Å². The molecule has 0 rings (SSSR count). The number of rotatable bonds is 4. The van der Waals surface area contributed by atoms with Gasteiger partial charge in [-0.1, -0.05) is 0 Å². The van der Waals surface area contributed by atoms with Crippen LogP contribution in [0.25, 0.3) is 0 Å². The Labute approximate surface area is 64.4 Å². The highest BCUT2D eigenvalue weighted by Crippen LogP contribution is 2.09. The van der Waals surface area contributed by atoms with E-state index in [1.165, 1.54) is 0 Å². The zero-order valence-electron chi connectivity index (χ0n) is 5.58. The fourth-order valence-electron chi connectivity index (χ4n) is 0.424. The van der Waals surface area contributed by atoms with Gasteiger partial charge in [0.25, 0.3) is 0 Å². The van der Waals surface area contributed by atoms with Crippen molar-refractivity contribution in [1.82, 2.24) is 0 Å². The molecular formula is C2H4N4O6. The fourth-order valence-corrected chi connectivity index (χ4v) is 0.424. The number of nitrogens with two attached hydrogens (primary N) is 1. The topological polar surface area (TPSA) is 155 Å². The lowest BCUT2D eigenvalue weighted by Crippen LogP contribution is -2.58. The summed E-state index contributed by atoms with van der Waals surface area (Å²) in [7, 11) is 0. The second-order valence-electron chi connectivity index (χ2n) is 1.75. The van der Waals surface area contributed by atoms with Crippen molar-refractivity contribution < 1.29 is 14.8 Å². The molecule has 0 aliphatic carbocycles. The van der Waals surface area contributed by atoms with Gasteiger partial charge in [0, 0.05) is 0 Å². The van der Waals surface area contributed by atoms with E-state index in [0.29, 0.717) is 0 Å². The molecule has 0 aliphatic heterocycles. The van der Waals surface area contributed by atoms with E-state index in [4.69, 9.17) is 0 Å². The standard InChI is InChI=1S/C2H4N4O6/c3-1-2(4(7)8,5(9)10)6(11)12/h1,3H2. The molecule has 0 amide bonds. The molecular weight excluding hydrogens is 176 g/mol. The van der Waals surface area contributed by atoms with Gasteiger partial charge in [-0.3, -0.25) is 30.3 Å². The summed E-state index contributed by atoms with van der Waals surface area (Å²) in [5, 5.41) is 29.9. The van der Waals surface area contributed by atoms with E-state index in [1.807, 2.05) is 0 Å². The average Bonchev–Trinajstić information content (AvgIpc) is 1.86. The average molecular weight is 180 g/mol. The van der Waals surface area contributed by atoms with Gasteiger partial charge in [0.05, 0.1) is 0 Å². The predicted octanol–water partition coefficient (Wildman–Crippen LogP) is -1.57. The van der Waals surface area contributed by atoms with Crippen LogP contribution in [-0.2, 0) is 0 Å². The number of hydrogen-bond acceptors (Lipinski definition) is 7. The Bertz CT molecular complexity index is 200. The highest BCUT2D eigenvalue weighted by atomic mass is 16.7. The first-order valence-electron chi connectivity index (χ1n) is 2.53. The number of nitro groups is 3. The van der Waals surface area contributed by atoms with Crippen molar-refractivity contribution in [1.29, 1.82) is 0 Å². The van der Waals surface area contributed by atoms with Crippen LogP contribution in [-0.4, -0.2) is 27.1 Å². The van der Waals surface area contributed by atoms with Gasteiger partial charge in [0.15, 0.2) is 14.8 Å². The van der Waals surface area contributed by atoms with Gasteiger partial charge in [0.1, 0.15) is 0 Å². The van der Waals surface area contributed by atoms with E-state index in [0.717, 1.165) is 0 Å². The Balaban J connectivity index is 5.19. The van der Waals surface area contributed by atoms with Gasteiger partial charge in [-0.15, -0.1) is 0 Å². The lowest BCUT2D eigenvalue weighted by molar-refractivity contribution is -0.966. The van der Waals surface area contributed by atoms with Crippen LogP contribution in [0.4, 0.5) is 0 Å². The van der Waals surface area contributed by atoms with Crippen molar-refractivity contribution in [2.24, 2.45) is 5.73 Å². The Morgan fingerprint density at radius 1 is 1.00 bits per heavy atom. The quantitative estimate of drug-likeness (QED) is 0.311. The van der Waals surface area contributed by atoms with Crippen LogP contribution < -0.4 is 5.73 Å². The van der Waals surface area contributed by atoms with Crippen LogP contribution in [0.15, 0.2) is 0 Å². The van der Waals surface area contributed by atoms with Crippen molar-refractivity contribution >= 4 is 0 Å². The molecule has 12 heavy (non-hydrogen) atoms. The monoisotopic (exact) mass is 180 g/mol. The molecule has 0 fully saturated rings. The maximum atomic E-state index is 9.98.